The van der Waals surface area contributed by atoms with Crippen molar-refractivity contribution < 1.29 is 24.2 Å². The summed E-state index contributed by atoms with van der Waals surface area (Å²) >= 11 is 3.35. The molecule has 2 rings (SSSR count). The molecule has 1 aromatic rings. The number of carbonyl (C=O) groups is 2. The number of halogens is 1. The SMILES string of the molecule is COc1cc(C(=O)N2CCC(C)CC2C(=O)O)cc(OC)c1Br. The second-order valence-corrected chi connectivity index (χ2v) is 6.47. The highest BCUT2D eigenvalue weighted by atomic mass is 79.9. The number of carboxylic acids is 1. The van der Waals surface area contributed by atoms with Gasteiger partial charge in [0.1, 0.15) is 22.0 Å². The van der Waals surface area contributed by atoms with Crippen molar-refractivity contribution in [3.05, 3.63) is 22.2 Å². The Morgan fingerprint density at radius 3 is 2.30 bits per heavy atom. The van der Waals surface area contributed by atoms with Gasteiger partial charge in [-0.3, -0.25) is 4.79 Å². The standard InChI is InChI=1S/C16H20BrNO5/c1-9-4-5-18(11(6-9)16(20)21)15(19)10-7-12(22-2)14(17)13(8-10)23-3/h7-9,11H,4-6H2,1-3H3,(H,20,21). The molecule has 1 aromatic carbocycles. The Morgan fingerprint density at radius 1 is 1.26 bits per heavy atom. The third-order valence-corrected chi connectivity index (χ3v) is 4.88. The van der Waals surface area contributed by atoms with Crippen molar-refractivity contribution in [2.75, 3.05) is 20.8 Å². The molecule has 0 bridgehead atoms. The largest absolute Gasteiger partial charge is 0.495 e. The smallest absolute Gasteiger partial charge is 0.326 e. The predicted octanol–water partition coefficient (Wildman–Crippen LogP) is 2.79. The van der Waals surface area contributed by atoms with Crippen LogP contribution in [-0.4, -0.2) is 48.7 Å². The highest BCUT2D eigenvalue weighted by Crippen LogP contribution is 2.36. The Balaban J connectivity index is 2.37. The van der Waals surface area contributed by atoms with Crippen LogP contribution in [-0.2, 0) is 4.79 Å². The maximum absolute atomic E-state index is 12.8. The number of likely N-dealkylation sites (tertiary alicyclic amines) is 1. The number of methoxy groups -OCH3 is 2. The van der Waals surface area contributed by atoms with Crippen molar-refractivity contribution in [2.45, 2.75) is 25.8 Å². The van der Waals surface area contributed by atoms with E-state index in [9.17, 15) is 14.7 Å². The van der Waals surface area contributed by atoms with Crippen LogP contribution in [0.25, 0.3) is 0 Å². The Labute approximate surface area is 143 Å². The third kappa shape index (κ3) is 3.60. The van der Waals surface area contributed by atoms with E-state index in [0.717, 1.165) is 6.42 Å². The molecule has 23 heavy (non-hydrogen) atoms. The van der Waals surface area contributed by atoms with Crippen molar-refractivity contribution in [2.24, 2.45) is 5.92 Å². The molecular formula is C16H20BrNO5. The van der Waals surface area contributed by atoms with Crippen molar-refractivity contribution in [3.63, 3.8) is 0 Å². The lowest BCUT2D eigenvalue weighted by molar-refractivity contribution is -0.144. The quantitative estimate of drug-likeness (QED) is 0.861. The van der Waals surface area contributed by atoms with E-state index in [2.05, 4.69) is 15.9 Å². The van der Waals surface area contributed by atoms with Crippen LogP contribution in [0.5, 0.6) is 11.5 Å². The van der Waals surface area contributed by atoms with Crippen molar-refractivity contribution in [3.8, 4) is 11.5 Å². The molecule has 1 amide bonds. The van der Waals surface area contributed by atoms with Crippen LogP contribution in [0.15, 0.2) is 16.6 Å². The average molecular weight is 386 g/mol. The van der Waals surface area contributed by atoms with Crippen LogP contribution in [0, 0.1) is 5.92 Å². The molecule has 0 saturated carbocycles. The zero-order chi connectivity index (χ0) is 17.1. The molecular weight excluding hydrogens is 366 g/mol. The number of nitrogens with zero attached hydrogens (tertiary/aromatic N) is 1. The minimum Gasteiger partial charge on any atom is -0.495 e. The first-order valence-electron chi connectivity index (χ1n) is 7.34. The van der Waals surface area contributed by atoms with E-state index in [1.54, 1.807) is 12.1 Å². The molecule has 1 fully saturated rings. The lowest BCUT2D eigenvalue weighted by atomic mass is 9.92. The molecule has 0 aliphatic carbocycles. The van der Waals surface area contributed by atoms with E-state index >= 15 is 0 Å². The summed E-state index contributed by atoms with van der Waals surface area (Å²) in [6.07, 6.45) is 1.26. The second kappa shape index (κ2) is 7.21. The Hall–Kier alpha value is -1.76. The van der Waals surface area contributed by atoms with Gasteiger partial charge in [-0.2, -0.15) is 0 Å². The average Bonchev–Trinajstić information content (AvgIpc) is 2.54. The lowest BCUT2D eigenvalue weighted by Crippen LogP contribution is -2.49. The highest BCUT2D eigenvalue weighted by Gasteiger charge is 2.35. The molecule has 2 atom stereocenters. The number of benzene rings is 1. The number of ether oxygens (including phenoxy) is 2. The summed E-state index contributed by atoms with van der Waals surface area (Å²) in [5.41, 5.74) is 0.350. The summed E-state index contributed by atoms with van der Waals surface area (Å²) in [4.78, 5) is 25.7. The highest BCUT2D eigenvalue weighted by molar-refractivity contribution is 9.10. The van der Waals surface area contributed by atoms with E-state index in [0.29, 0.717) is 34.5 Å². The van der Waals surface area contributed by atoms with Gasteiger partial charge >= 0.3 is 5.97 Å². The van der Waals surface area contributed by atoms with E-state index in [1.165, 1.54) is 19.1 Å². The van der Waals surface area contributed by atoms with Crippen LogP contribution in [0.3, 0.4) is 0 Å². The molecule has 1 N–H and O–H groups in total. The Kier molecular flexibility index (Phi) is 5.51. The maximum Gasteiger partial charge on any atom is 0.326 e. The summed E-state index contributed by atoms with van der Waals surface area (Å²) in [7, 11) is 2.99. The Morgan fingerprint density at radius 2 is 1.83 bits per heavy atom. The van der Waals surface area contributed by atoms with E-state index in [4.69, 9.17) is 9.47 Å². The lowest BCUT2D eigenvalue weighted by Gasteiger charge is -2.36. The molecule has 0 spiro atoms. The molecule has 7 heteroatoms. The van der Waals surface area contributed by atoms with Gasteiger partial charge in [0.2, 0.25) is 0 Å². The molecule has 1 saturated heterocycles. The van der Waals surface area contributed by atoms with Gasteiger partial charge in [-0.25, -0.2) is 4.79 Å². The number of carbonyl (C=O) groups excluding carboxylic acids is 1. The molecule has 1 aliphatic rings. The van der Waals surface area contributed by atoms with Gasteiger partial charge in [-0.1, -0.05) is 6.92 Å². The number of rotatable bonds is 4. The third-order valence-electron chi connectivity index (χ3n) is 4.10. The number of hydrogen-bond donors (Lipinski definition) is 1. The normalized spacial score (nSPS) is 21.0. The van der Waals surface area contributed by atoms with Gasteiger partial charge in [-0.05, 0) is 46.8 Å². The number of aliphatic carboxylic acids is 1. The topological polar surface area (TPSA) is 76.1 Å². The number of carboxylic acid groups (broad SMARTS) is 1. The fourth-order valence-electron chi connectivity index (χ4n) is 2.78. The molecule has 1 heterocycles. The first-order chi connectivity index (χ1) is 10.9. The summed E-state index contributed by atoms with van der Waals surface area (Å²) in [5, 5.41) is 9.42. The van der Waals surface area contributed by atoms with Crippen molar-refractivity contribution in [1.29, 1.82) is 0 Å². The molecule has 126 valence electrons. The van der Waals surface area contributed by atoms with E-state index in [-0.39, 0.29) is 11.8 Å². The zero-order valence-corrected chi connectivity index (χ0v) is 14.9. The van der Waals surface area contributed by atoms with Crippen LogP contribution >= 0.6 is 15.9 Å². The number of piperidine rings is 1. The summed E-state index contributed by atoms with van der Waals surface area (Å²) in [6.45, 7) is 2.43. The van der Waals surface area contributed by atoms with Crippen molar-refractivity contribution in [1.82, 2.24) is 4.90 Å². The second-order valence-electron chi connectivity index (χ2n) is 5.68. The molecule has 0 aromatic heterocycles. The van der Waals surface area contributed by atoms with Crippen LogP contribution in [0.4, 0.5) is 0 Å². The van der Waals surface area contributed by atoms with E-state index in [1.807, 2.05) is 6.92 Å². The summed E-state index contributed by atoms with van der Waals surface area (Å²) in [6, 6.07) is 2.38. The van der Waals surface area contributed by atoms with Gasteiger partial charge in [0.25, 0.3) is 5.91 Å². The van der Waals surface area contributed by atoms with Crippen LogP contribution in [0.2, 0.25) is 0 Å². The first-order valence-corrected chi connectivity index (χ1v) is 8.13. The van der Waals surface area contributed by atoms with Crippen LogP contribution < -0.4 is 9.47 Å². The molecule has 6 nitrogen and oxygen atoms in total. The van der Waals surface area contributed by atoms with Gasteiger partial charge < -0.3 is 19.5 Å². The fraction of sp³-hybridized carbons (Fsp3) is 0.500. The molecule has 2 unspecified atom stereocenters. The van der Waals surface area contributed by atoms with E-state index < -0.39 is 12.0 Å². The van der Waals surface area contributed by atoms with Gasteiger partial charge in [0, 0.05) is 12.1 Å². The zero-order valence-electron chi connectivity index (χ0n) is 13.3. The number of hydrogen-bond acceptors (Lipinski definition) is 4. The van der Waals surface area contributed by atoms with Gasteiger partial charge in [0.15, 0.2) is 0 Å². The van der Waals surface area contributed by atoms with Crippen molar-refractivity contribution >= 4 is 27.8 Å². The summed E-state index contributed by atoms with van der Waals surface area (Å²) < 4.78 is 11.1. The molecule has 0 radical (unpaired) electrons. The van der Waals surface area contributed by atoms with Crippen LogP contribution in [0.1, 0.15) is 30.1 Å². The van der Waals surface area contributed by atoms with Gasteiger partial charge in [0.05, 0.1) is 14.2 Å². The summed E-state index contributed by atoms with van der Waals surface area (Å²) in [5.74, 6) is -0.0848. The first kappa shape index (κ1) is 17.6. The molecule has 1 aliphatic heterocycles. The fourth-order valence-corrected chi connectivity index (χ4v) is 3.33. The van der Waals surface area contributed by atoms with Gasteiger partial charge in [-0.15, -0.1) is 0 Å². The minimum atomic E-state index is -0.971. The minimum absolute atomic E-state index is 0.286. The number of amides is 1. The predicted molar refractivity (Wildman–Crippen MR) is 88.1 cm³/mol. The Bertz CT molecular complexity index is 593. The monoisotopic (exact) mass is 385 g/mol. The maximum atomic E-state index is 12.8.